The summed E-state index contributed by atoms with van der Waals surface area (Å²) in [4.78, 5) is 21.7. The van der Waals surface area contributed by atoms with Crippen molar-refractivity contribution in [2.45, 2.75) is 12.8 Å². The van der Waals surface area contributed by atoms with E-state index in [9.17, 15) is 4.79 Å². The number of fused-ring (bicyclic) bond motifs is 1. The largest absolute Gasteiger partial charge is 0.321 e. The number of nitrogens with one attached hydrogen (secondary N) is 1. The van der Waals surface area contributed by atoms with Crippen LogP contribution < -0.4 is 5.32 Å². The molecule has 0 radical (unpaired) electrons. The van der Waals surface area contributed by atoms with Crippen LogP contribution in [0.5, 0.6) is 0 Å². The van der Waals surface area contributed by atoms with E-state index in [0.29, 0.717) is 29.2 Å². The lowest BCUT2D eigenvalue weighted by molar-refractivity contribution is 0.102. The highest BCUT2D eigenvalue weighted by Gasteiger charge is 2.18. The van der Waals surface area contributed by atoms with Crippen molar-refractivity contribution in [3.63, 3.8) is 0 Å². The molecule has 7 heteroatoms. The minimum Gasteiger partial charge on any atom is -0.321 e. The number of anilines is 1. The van der Waals surface area contributed by atoms with Crippen molar-refractivity contribution in [1.29, 1.82) is 0 Å². The number of rotatable bonds is 6. The molecule has 3 heterocycles. The molecule has 0 bridgehead atoms. The van der Waals surface area contributed by atoms with Gasteiger partial charge < -0.3 is 5.32 Å². The smallest absolute Gasteiger partial charge is 0.255 e. The van der Waals surface area contributed by atoms with E-state index >= 15 is 0 Å². The number of carbonyl (C=O) groups is 1. The van der Waals surface area contributed by atoms with E-state index in [-0.39, 0.29) is 5.91 Å². The third-order valence-corrected chi connectivity index (χ3v) is 6.25. The zero-order chi connectivity index (χ0) is 23.5. The van der Waals surface area contributed by atoms with Crippen LogP contribution in [0.4, 0.5) is 5.69 Å². The molecule has 5 rings (SSSR count). The van der Waals surface area contributed by atoms with Crippen LogP contribution in [-0.2, 0) is 19.9 Å². The number of para-hydroxylation sites is 1. The Balaban J connectivity index is 1.38. The van der Waals surface area contributed by atoms with Crippen molar-refractivity contribution in [2.75, 3.05) is 5.32 Å². The quantitative estimate of drug-likeness (QED) is 0.346. The Labute approximate surface area is 202 Å². The molecule has 1 amide bonds. The Kier molecular flexibility index (Phi) is 6.06. The van der Waals surface area contributed by atoms with Gasteiger partial charge in [0, 0.05) is 41.5 Å². The summed E-state index contributed by atoms with van der Waals surface area (Å²) < 4.78 is 1.68. The predicted molar refractivity (Wildman–Crippen MR) is 135 cm³/mol. The van der Waals surface area contributed by atoms with Crippen LogP contribution in [-0.4, -0.2) is 25.7 Å². The Morgan fingerprint density at radius 3 is 2.62 bits per heavy atom. The molecule has 0 aliphatic heterocycles. The topological polar surface area (TPSA) is 72.7 Å². The summed E-state index contributed by atoms with van der Waals surface area (Å²) in [6.07, 6.45) is 6.44. The highest BCUT2D eigenvalue weighted by atomic mass is 35.5. The maximum Gasteiger partial charge on any atom is 0.255 e. The minimum absolute atomic E-state index is 0.167. The van der Waals surface area contributed by atoms with Gasteiger partial charge in [0.25, 0.3) is 5.91 Å². The molecule has 2 aromatic carbocycles. The molecule has 3 aromatic heterocycles. The average Bonchev–Trinajstić information content (AvgIpc) is 3.16. The van der Waals surface area contributed by atoms with Gasteiger partial charge in [-0.2, -0.15) is 5.10 Å². The number of nitrogens with zero attached hydrogens (tertiary/aromatic N) is 4. The van der Waals surface area contributed by atoms with Gasteiger partial charge in [-0.1, -0.05) is 48.0 Å². The van der Waals surface area contributed by atoms with E-state index in [1.807, 2.05) is 73.8 Å². The van der Waals surface area contributed by atoms with Crippen LogP contribution in [0.1, 0.15) is 21.5 Å². The molecule has 168 valence electrons. The summed E-state index contributed by atoms with van der Waals surface area (Å²) in [5.41, 5.74) is 5.86. The van der Waals surface area contributed by atoms with Gasteiger partial charge in [-0.3, -0.25) is 19.4 Å². The molecule has 0 atom stereocenters. The van der Waals surface area contributed by atoms with Crippen LogP contribution in [0, 0.1) is 0 Å². The SMILES string of the molecule is Cn1nc(-c2ccncc2)c(CCc2ccccc2C(=O)Nc2cnc3ccccc3c2)c1Cl. The molecule has 5 aromatic rings. The number of aromatic nitrogens is 4. The van der Waals surface area contributed by atoms with Crippen LogP contribution in [0.3, 0.4) is 0 Å². The standard InChI is InChI=1S/C27H22ClN5O/c1-33-26(28)23(25(32-33)19-12-14-29-15-13-19)11-10-18-6-2-4-8-22(18)27(34)31-21-16-20-7-3-5-9-24(20)30-17-21/h2-9,12-17H,10-11H2,1H3,(H,31,34). The van der Waals surface area contributed by atoms with Gasteiger partial charge in [0.15, 0.2) is 0 Å². The van der Waals surface area contributed by atoms with Crippen molar-refractivity contribution >= 4 is 34.1 Å². The second-order valence-electron chi connectivity index (χ2n) is 8.01. The molecular weight excluding hydrogens is 446 g/mol. The van der Waals surface area contributed by atoms with Gasteiger partial charge in [0.05, 0.1) is 23.1 Å². The van der Waals surface area contributed by atoms with Gasteiger partial charge >= 0.3 is 0 Å². The molecule has 0 aliphatic rings. The fraction of sp³-hybridized carbons (Fsp3) is 0.111. The van der Waals surface area contributed by atoms with Gasteiger partial charge in [-0.05, 0) is 48.7 Å². The number of carbonyl (C=O) groups excluding carboxylic acids is 1. The number of aryl methyl sites for hydroxylation is 2. The van der Waals surface area contributed by atoms with Crippen molar-refractivity contribution < 1.29 is 4.79 Å². The minimum atomic E-state index is -0.167. The normalized spacial score (nSPS) is 11.0. The zero-order valence-electron chi connectivity index (χ0n) is 18.6. The Morgan fingerprint density at radius 1 is 1.00 bits per heavy atom. The number of amides is 1. The molecule has 6 nitrogen and oxygen atoms in total. The zero-order valence-corrected chi connectivity index (χ0v) is 19.3. The number of halogens is 1. The second kappa shape index (κ2) is 9.45. The summed E-state index contributed by atoms with van der Waals surface area (Å²) in [5, 5.41) is 9.16. The van der Waals surface area contributed by atoms with E-state index in [1.165, 1.54) is 0 Å². The highest BCUT2D eigenvalue weighted by molar-refractivity contribution is 6.30. The monoisotopic (exact) mass is 467 g/mol. The Hall–Kier alpha value is -4.03. The van der Waals surface area contributed by atoms with Crippen LogP contribution in [0.25, 0.3) is 22.2 Å². The molecule has 34 heavy (non-hydrogen) atoms. The van der Waals surface area contributed by atoms with E-state index < -0.39 is 0 Å². The summed E-state index contributed by atoms with van der Waals surface area (Å²) in [6.45, 7) is 0. The lowest BCUT2D eigenvalue weighted by Gasteiger charge is -2.11. The third-order valence-electron chi connectivity index (χ3n) is 5.78. The average molecular weight is 468 g/mol. The van der Waals surface area contributed by atoms with Crippen LogP contribution in [0.15, 0.2) is 85.3 Å². The van der Waals surface area contributed by atoms with Gasteiger partial charge in [0.1, 0.15) is 5.15 Å². The van der Waals surface area contributed by atoms with Gasteiger partial charge in [-0.15, -0.1) is 0 Å². The maximum absolute atomic E-state index is 13.2. The van der Waals surface area contributed by atoms with Crippen molar-refractivity contribution in [1.82, 2.24) is 19.7 Å². The first-order valence-electron chi connectivity index (χ1n) is 11.0. The molecule has 0 saturated heterocycles. The van der Waals surface area contributed by atoms with Crippen LogP contribution in [0.2, 0.25) is 5.15 Å². The van der Waals surface area contributed by atoms with E-state index in [4.69, 9.17) is 11.6 Å². The van der Waals surface area contributed by atoms with E-state index in [0.717, 1.165) is 33.3 Å². The van der Waals surface area contributed by atoms with Crippen LogP contribution >= 0.6 is 11.6 Å². The number of hydrogen-bond acceptors (Lipinski definition) is 4. The molecule has 0 spiro atoms. The highest BCUT2D eigenvalue weighted by Crippen LogP contribution is 2.29. The Morgan fingerprint density at radius 2 is 1.76 bits per heavy atom. The van der Waals surface area contributed by atoms with E-state index in [1.54, 1.807) is 23.3 Å². The first-order chi connectivity index (χ1) is 16.6. The first kappa shape index (κ1) is 21.8. The molecule has 0 fully saturated rings. The molecule has 0 saturated carbocycles. The maximum atomic E-state index is 13.2. The lowest BCUT2D eigenvalue weighted by Crippen LogP contribution is -2.14. The number of pyridine rings is 2. The fourth-order valence-corrected chi connectivity index (χ4v) is 4.29. The summed E-state index contributed by atoms with van der Waals surface area (Å²) in [6, 6.07) is 21.2. The Bertz CT molecular complexity index is 1480. The summed E-state index contributed by atoms with van der Waals surface area (Å²) in [7, 11) is 1.83. The number of hydrogen-bond donors (Lipinski definition) is 1. The van der Waals surface area contributed by atoms with Gasteiger partial charge in [-0.25, -0.2) is 0 Å². The first-order valence-corrected chi connectivity index (χ1v) is 11.3. The second-order valence-corrected chi connectivity index (χ2v) is 8.36. The van der Waals surface area contributed by atoms with Gasteiger partial charge in [0.2, 0.25) is 0 Å². The third kappa shape index (κ3) is 4.40. The van der Waals surface area contributed by atoms with Crippen molar-refractivity contribution in [3.05, 3.63) is 107 Å². The van der Waals surface area contributed by atoms with Crippen molar-refractivity contribution in [2.24, 2.45) is 7.05 Å². The van der Waals surface area contributed by atoms with E-state index in [2.05, 4.69) is 20.4 Å². The molecule has 0 aliphatic carbocycles. The molecule has 0 unspecified atom stereocenters. The summed E-state index contributed by atoms with van der Waals surface area (Å²) >= 11 is 6.59. The van der Waals surface area contributed by atoms with Crippen molar-refractivity contribution in [3.8, 4) is 11.3 Å². The number of benzene rings is 2. The molecule has 1 N–H and O–H groups in total. The summed E-state index contributed by atoms with van der Waals surface area (Å²) in [5.74, 6) is -0.167. The fourth-order valence-electron chi connectivity index (χ4n) is 4.07. The lowest BCUT2D eigenvalue weighted by atomic mass is 9.98. The predicted octanol–water partition coefficient (Wildman–Crippen LogP) is 5.72. The molecular formula is C27H22ClN5O.